The summed E-state index contributed by atoms with van der Waals surface area (Å²) < 4.78 is 17.1. The molecule has 0 bridgehead atoms. The van der Waals surface area contributed by atoms with Crippen molar-refractivity contribution in [2.45, 2.75) is 31.8 Å². The maximum absolute atomic E-state index is 15.2. The van der Waals surface area contributed by atoms with E-state index in [0.717, 1.165) is 19.3 Å². The van der Waals surface area contributed by atoms with Crippen molar-refractivity contribution < 1.29 is 4.39 Å². The highest BCUT2D eigenvalue weighted by Gasteiger charge is 2.28. The van der Waals surface area contributed by atoms with Crippen LogP contribution in [0.15, 0.2) is 21.7 Å². The summed E-state index contributed by atoms with van der Waals surface area (Å²) in [6.45, 7) is 1.60. The van der Waals surface area contributed by atoms with Gasteiger partial charge in [0.25, 0.3) is 5.56 Å². The average molecular weight is 370 g/mol. The monoisotopic (exact) mass is 369 g/mol. The number of nitrogens with two attached hydrogens (primary N) is 2. The third-order valence-electron chi connectivity index (χ3n) is 4.95. The minimum Gasteiger partial charge on any atom is -0.367 e. The first kappa shape index (κ1) is 17.8. The molecule has 1 aliphatic heterocycles. The lowest BCUT2D eigenvalue weighted by molar-refractivity contribution is 0.565. The molecule has 1 atom stereocenters. The van der Waals surface area contributed by atoms with Crippen molar-refractivity contribution in [1.29, 1.82) is 0 Å². The fraction of sp³-hybridized carbons (Fsp3) is 0.500. The summed E-state index contributed by atoms with van der Waals surface area (Å²) >= 11 is 0. The quantitative estimate of drug-likeness (QED) is 0.762. The second-order valence-corrected chi connectivity index (χ2v) is 6.80. The predicted octanol–water partition coefficient (Wildman–Crippen LogP) is 0.385. The molecule has 0 amide bonds. The molecular weight excluding hydrogens is 349 g/mol. The van der Waals surface area contributed by atoms with Crippen LogP contribution >= 0.6 is 12.4 Å². The van der Waals surface area contributed by atoms with Crippen LogP contribution in [0.4, 0.5) is 10.1 Å². The summed E-state index contributed by atoms with van der Waals surface area (Å²) in [4.78, 5) is 26.5. The lowest BCUT2D eigenvalue weighted by Crippen LogP contribution is -2.45. The standard InChI is InChI=1S/C16H20FN5O2.ClH/c17-13-12(20-6-5-10(18)8-20)4-3-11-14(13)21(7-9-1-2-9)16(24)22(19)15(11)23;/h3-4,9-10H,1-2,5-8,18-19H2;1H. The predicted molar refractivity (Wildman–Crippen MR) is 97.4 cm³/mol. The highest BCUT2D eigenvalue weighted by atomic mass is 35.5. The third-order valence-corrected chi connectivity index (χ3v) is 4.95. The van der Waals surface area contributed by atoms with E-state index in [1.54, 1.807) is 12.1 Å². The Hall–Kier alpha value is -2.06. The first-order valence-electron chi connectivity index (χ1n) is 8.21. The van der Waals surface area contributed by atoms with E-state index in [0.29, 0.717) is 35.9 Å². The zero-order chi connectivity index (χ0) is 17.0. The molecule has 1 unspecified atom stereocenters. The van der Waals surface area contributed by atoms with Gasteiger partial charge in [0.05, 0.1) is 16.6 Å². The number of hydrogen-bond donors (Lipinski definition) is 2. The van der Waals surface area contributed by atoms with E-state index in [1.165, 1.54) is 4.57 Å². The topological polar surface area (TPSA) is 99.3 Å². The molecular formula is C16H21ClFN5O2. The smallest absolute Gasteiger partial charge is 0.350 e. The molecule has 1 saturated heterocycles. The van der Waals surface area contributed by atoms with Crippen molar-refractivity contribution in [2.24, 2.45) is 11.7 Å². The first-order valence-corrected chi connectivity index (χ1v) is 8.21. The Balaban J connectivity index is 0.00000182. The lowest BCUT2D eigenvalue weighted by Gasteiger charge is -2.21. The van der Waals surface area contributed by atoms with Crippen LogP contribution in [0.5, 0.6) is 0 Å². The van der Waals surface area contributed by atoms with Crippen LogP contribution in [-0.4, -0.2) is 28.4 Å². The van der Waals surface area contributed by atoms with Gasteiger partial charge < -0.3 is 16.5 Å². The number of fused-ring (bicyclic) bond motifs is 1. The molecule has 1 saturated carbocycles. The van der Waals surface area contributed by atoms with Gasteiger partial charge in [-0.3, -0.25) is 9.36 Å². The Morgan fingerprint density at radius 1 is 1.20 bits per heavy atom. The van der Waals surface area contributed by atoms with E-state index in [9.17, 15) is 9.59 Å². The van der Waals surface area contributed by atoms with Crippen molar-refractivity contribution in [2.75, 3.05) is 23.8 Å². The molecule has 1 aromatic carbocycles. The van der Waals surface area contributed by atoms with Crippen molar-refractivity contribution >= 4 is 29.0 Å². The lowest BCUT2D eigenvalue weighted by atomic mass is 10.2. The maximum atomic E-state index is 15.2. The van der Waals surface area contributed by atoms with E-state index in [2.05, 4.69) is 0 Å². The summed E-state index contributed by atoms with van der Waals surface area (Å²) in [7, 11) is 0. The fourth-order valence-corrected chi connectivity index (χ4v) is 3.41. The molecule has 4 N–H and O–H groups in total. The summed E-state index contributed by atoms with van der Waals surface area (Å²) in [5.41, 5.74) is 5.00. The van der Waals surface area contributed by atoms with Gasteiger partial charge in [-0.15, -0.1) is 12.4 Å². The van der Waals surface area contributed by atoms with E-state index in [1.807, 2.05) is 4.90 Å². The first-order chi connectivity index (χ1) is 11.5. The average Bonchev–Trinajstić information content (AvgIpc) is 3.28. The molecule has 2 aromatic rings. The van der Waals surface area contributed by atoms with E-state index in [-0.39, 0.29) is 29.4 Å². The molecule has 0 radical (unpaired) electrons. The van der Waals surface area contributed by atoms with E-state index >= 15 is 4.39 Å². The molecule has 2 fully saturated rings. The Labute approximate surface area is 149 Å². The molecule has 9 heteroatoms. The van der Waals surface area contributed by atoms with Crippen LogP contribution in [0.3, 0.4) is 0 Å². The van der Waals surface area contributed by atoms with Gasteiger partial charge in [-0.25, -0.2) is 9.18 Å². The van der Waals surface area contributed by atoms with E-state index in [4.69, 9.17) is 11.6 Å². The van der Waals surface area contributed by atoms with Gasteiger partial charge in [-0.2, -0.15) is 4.68 Å². The molecule has 4 rings (SSSR count). The number of anilines is 1. The number of aromatic nitrogens is 2. The van der Waals surface area contributed by atoms with Crippen LogP contribution in [0.1, 0.15) is 19.3 Å². The number of rotatable bonds is 3. The van der Waals surface area contributed by atoms with Gasteiger partial charge in [-0.05, 0) is 37.3 Å². The molecule has 7 nitrogen and oxygen atoms in total. The Morgan fingerprint density at radius 2 is 1.92 bits per heavy atom. The van der Waals surface area contributed by atoms with Gasteiger partial charge in [-0.1, -0.05) is 0 Å². The van der Waals surface area contributed by atoms with Crippen LogP contribution in [0.2, 0.25) is 0 Å². The number of hydrogen-bond acceptors (Lipinski definition) is 5. The van der Waals surface area contributed by atoms with Crippen molar-refractivity contribution in [3.05, 3.63) is 38.8 Å². The summed E-state index contributed by atoms with van der Waals surface area (Å²) in [5, 5.41) is 0.127. The summed E-state index contributed by atoms with van der Waals surface area (Å²) in [6.07, 6.45) is 2.79. The van der Waals surface area contributed by atoms with Crippen LogP contribution < -0.4 is 27.7 Å². The normalized spacial score (nSPS) is 20.1. The summed E-state index contributed by atoms with van der Waals surface area (Å²) in [5.74, 6) is 5.39. The van der Waals surface area contributed by atoms with Gasteiger partial charge >= 0.3 is 5.69 Å². The number of halogens is 2. The van der Waals surface area contributed by atoms with Gasteiger partial charge in [0, 0.05) is 25.7 Å². The van der Waals surface area contributed by atoms with Crippen molar-refractivity contribution in [1.82, 2.24) is 9.24 Å². The highest BCUT2D eigenvalue weighted by molar-refractivity contribution is 5.85. The molecule has 0 spiro atoms. The Kier molecular flexibility index (Phi) is 4.51. The largest absolute Gasteiger partial charge is 0.367 e. The molecule has 2 heterocycles. The number of nitrogens with zero attached hydrogens (tertiary/aromatic N) is 3. The molecule has 1 aromatic heterocycles. The fourth-order valence-electron chi connectivity index (χ4n) is 3.41. The Bertz CT molecular complexity index is 937. The van der Waals surface area contributed by atoms with Crippen LogP contribution in [0, 0.1) is 11.7 Å². The van der Waals surface area contributed by atoms with Gasteiger partial charge in [0.2, 0.25) is 0 Å². The highest BCUT2D eigenvalue weighted by Crippen LogP contribution is 2.32. The second-order valence-electron chi connectivity index (χ2n) is 6.80. The Morgan fingerprint density at radius 3 is 2.52 bits per heavy atom. The van der Waals surface area contributed by atoms with E-state index < -0.39 is 17.1 Å². The van der Waals surface area contributed by atoms with Crippen LogP contribution in [-0.2, 0) is 6.54 Å². The zero-order valence-electron chi connectivity index (χ0n) is 13.7. The SMILES string of the molecule is Cl.NC1CCN(c2ccc3c(=O)n(N)c(=O)n(CC4CC4)c3c2F)C1. The minimum absolute atomic E-state index is 0. The summed E-state index contributed by atoms with van der Waals surface area (Å²) in [6, 6.07) is 3.13. The molecule has 1 aliphatic carbocycles. The van der Waals surface area contributed by atoms with Gasteiger partial charge in [0.15, 0.2) is 5.82 Å². The second kappa shape index (κ2) is 6.34. The van der Waals surface area contributed by atoms with Gasteiger partial charge in [0.1, 0.15) is 0 Å². The maximum Gasteiger partial charge on any atom is 0.350 e. The minimum atomic E-state index is -0.675. The molecule has 2 aliphatic rings. The number of benzene rings is 1. The number of nitrogen functional groups attached to an aromatic ring is 1. The zero-order valence-corrected chi connectivity index (χ0v) is 14.5. The van der Waals surface area contributed by atoms with Crippen molar-refractivity contribution in [3.8, 4) is 0 Å². The van der Waals surface area contributed by atoms with Crippen LogP contribution in [0.25, 0.3) is 10.9 Å². The molecule has 136 valence electrons. The molecule has 25 heavy (non-hydrogen) atoms. The third kappa shape index (κ3) is 2.89. The van der Waals surface area contributed by atoms with Crippen molar-refractivity contribution in [3.63, 3.8) is 0 Å².